The zero-order valence-electron chi connectivity index (χ0n) is 9.69. The van der Waals surface area contributed by atoms with Crippen LogP contribution in [0.3, 0.4) is 0 Å². The number of ether oxygens (including phenoxy) is 1. The summed E-state index contributed by atoms with van der Waals surface area (Å²) in [6.07, 6.45) is 4.10. The van der Waals surface area contributed by atoms with Crippen LogP contribution >= 0.6 is 0 Å². The Bertz CT molecular complexity index is 292. The topological polar surface area (TPSA) is 65.0 Å². The van der Waals surface area contributed by atoms with Crippen molar-refractivity contribution in [3.8, 4) is 0 Å². The van der Waals surface area contributed by atoms with E-state index in [1.54, 1.807) is 6.92 Å². The van der Waals surface area contributed by atoms with Gasteiger partial charge in [0, 0.05) is 6.92 Å². The summed E-state index contributed by atoms with van der Waals surface area (Å²) >= 11 is 0. The van der Waals surface area contributed by atoms with Crippen LogP contribution in [-0.2, 0) is 19.2 Å². The molecule has 0 aromatic carbocycles. The molecule has 1 aliphatic carbocycles. The maximum absolute atomic E-state index is 11.3. The van der Waals surface area contributed by atoms with Crippen LogP contribution in [-0.4, -0.2) is 30.2 Å². The molecule has 16 heavy (non-hydrogen) atoms. The number of oxime groups is 1. The van der Waals surface area contributed by atoms with E-state index in [2.05, 4.69) is 5.16 Å². The molecule has 0 unspecified atom stereocenters. The number of nitrogens with zero attached hydrogens (tertiary/aromatic N) is 1. The van der Waals surface area contributed by atoms with Gasteiger partial charge in [0.2, 0.25) is 5.71 Å². The molecule has 0 aromatic heterocycles. The van der Waals surface area contributed by atoms with E-state index in [0.29, 0.717) is 0 Å². The second-order valence-corrected chi connectivity index (χ2v) is 3.73. The highest BCUT2D eigenvalue weighted by molar-refractivity contribution is 6.63. The van der Waals surface area contributed by atoms with Crippen molar-refractivity contribution in [2.75, 3.05) is 6.61 Å². The average molecular weight is 227 g/mol. The quantitative estimate of drug-likeness (QED) is 0.308. The second-order valence-electron chi connectivity index (χ2n) is 3.73. The van der Waals surface area contributed by atoms with Gasteiger partial charge in [0.15, 0.2) is 5.78 Å². The zero-order chi connectivity index (χ0) is 12.0. The molecule has 5 nitrogen and oxygen atoms in total. The number of hydrogen-bond acceptors (Lipinski definition) is 5. The van der Waals surface area contributed by atoms with E-state index in [4.69, 9.17) is 9.57 Å². The SMILES string of the molecule is CCOC(=O)/C(=N\OC1CCCC1)C(C)=O. The van der Waals surface area contributed by atoms with Crippen LogP contribution in [0, 0.1) is 0 Å². The lowest BCUT2D eigenvalue weighted by Gasteiger charge is -2.07. The van der Waals surface area contributed by atoms with Crippen LogP contribution < -0.4 is 0 Å². The van der Waals surface area contributed by atoms with Gasteiger partial charge in [0.25, 0.3) is 0 Å². The predicted molar refractivity (Wildman–Crippen MR) is 58.1 cm³/mol. The molecular formula is C11H17NO4. The number of carbonyl (C=O) groups is 2. The fraction of sp³-hybridized carbons (Fsp3) is 0.727. The van der Waals surface area contributed by atoms with E-state index >= 15 is 0 Å². The smallest absolute Gasteiger partial charge is 0.364 e. The first-order valence-electron chi connectivity index (χ1n) is 5.57. The minimum atomic E-state index is -0.715. The summed E-state index contributed by atoms with van der Waals surface area (Å²) in [4.78, 5) is 27.6. The van der Waals surface area contributed by atoms with Crippen LogP contribution in [0.25, 0.3) is 0 Å². The summed E-state index contributed by atoms with van der Waals surface area (Å²) in [6.45, 7) is 3.16. The number of ketones is 1. The Morgan fingerprint density at radius 2 is 1.94 bits per heavy atom. The molecule has 1 rings (SSSR count). The lowest BCUT2D eigenvalue weighted by atomic mass is 10.3. The van der Waals surface area contributed by atoms with Crippen molar-refractivity contribution >= 4 is 17.5 Å². The van der Waals surface area contributed by atoms with E-state index in [9.17, 15) is 9.59 Å². The van der Waals surface area contributed by atoms with Gasteiger partial charge in [0.05, 0.1) is 6.61 Å². The van der Waals surface area contributed by atoms with Gasteiger partial charge in [0.1, 0.15) is 6.10 Å². The third-order valence-corrected chi connectivity index (χ3v) is 2.40. The molecule has 90 valence electrons. The van der Waals surface area contributed by atoms with Gasteiger partial charge in [-0.05, 0) is 32.6 Å². The van der Waals surface area contributed by atoms with Crippen molar-refractivity contribution in [3.63, 3.8) is 0 Å². The lowest BCUT2D eigenvalue weighted by Crippen LogP contribution is -2.25. The fourth-order valence-electron chi connectivity index (χ4n) is 1.57. The molecule has 0 bridgehead atoms. The number of esters is 1. The number of carbonyl (C=O) groups excluding carboxylic acids is 2. The number of rotatable bonds is 5. The maximum Gasteiger partial charge on any atom is 0.364 e. The summed E-state index contributed by atoms with van der Waals surface area (Å²) in [6, 6.07) is 0. The molecule has 0 aromatic rings. The highest BCUT2D eigenvalue weighted by Gasteiger charge is 2.21. The van der Waals surface area contributed by atoms with Gasteiger partial charge >= 0.3 is 5.97 Å². The standard InChI is InChI=1S/C11H17NO4/c1-3-15-11(14)10(8(2)13)12-16-9-6-4-5-7-9/h9H,3-7H2,1-2H3/b12-10-. The molecular weight excluding hydrogens is 210 g/mol. The molecule has 1 saturated carbocycles. The summed E-state index contributed by atoms with van der Waals surface area (Å²) in [5.74, 6) is -1.15. The van der Waals surface area contributed by atoms with Crippen LogP contribution in [0.15, 0.2) is 5.16 Å². The van der Waals surface area contributed by atoms with Gasteiger partial charge < -0.3 is 9.57 Å². The first kappa shape index (κ1) is 12.7. The summed E-state index contributed by atoms with van der Waals surface area (Å²) in [5.41, 5.74) is -0.256. The van der Waals surface area contributed by atoms with E-state index < -0.39 is 11.8 Å². The average Bonchev–Trinajstić information content (AvgIpc) is 2.70. The van der Waals surface area contributed by atoms with Gasteiger partial charge in [-0.15, -0.1) is 0 Å². The predicted octanol–water partition coefficient (Wildman–Crippen LogP) is 1.45. The Morgan fingerprint density at radius 3 is 2.44 bits per heavy atom. The van der Waals surface area contributed by atoms with Gasteiger partial charge in [-0.1, -0.05) is 5.16 Å². The molecule has 0 radical (unpaired) electrons. The van der Waals surface area contributed by atoms with Crippen molar-refractivity contribution < 1.29 is 19.2 Å². The third kappa shape index (κ3) is 3.64. The highest BCUT2D eigenvalue weighted by Crippen LogP contribution is 2.21. The van der Waals surface area contributed by atoms with Gasteiger partial charge in [-0.3, -0.25) is 4.79 Å². The fourth-order valence-corrected chi connectivity index (χ4v) is 1.57. The van der Waals surface area contributed by atoms with Crippen LogP contribution in [0.4, 0.5) is 0 Å². The van der Waals surface area contributed by atoms with Crippen molar-refractivity contribution in [1.29, 1.82) is 0 Å². The molecule has 5 heteroatoms. The van der Waals surface area contributed by atoms with E-state index in [-0.39, 0.29) is 18.4 Å². The van der Waals surface area contributed by atoms with Gasteiger partial charge in [-0.25, -0.2) is 4.79 Å². The van der Waals surface area contributed by atoms with Crippen molar-refractivity contribution in [2.24, 2.45) is 5.16 Å². The first-order chi connectivity index (χ1) is 7.65. The monoisotopic (exact) mass is 227 g/mol. The van der Waals surface area contributed by atoms with Crippen molar-refractivity contribution in [2.45, 2.75) is 45.6 Å². The van der Waals surface area contributed by atoms with E-state index in [1.165, 1.54) is 6.92 Å². The van der Waals surface area contributed by atoms with E-state index in [1.807, 2.05) is 0 Å². The summed E-state index contributed by atoms with van der Waals surface area (Å²) < 4.78 is 4.71. The maximum atomic E-state index is 11.3. The Kier molecular flexibility index (Phi) is 4.95. The zero-order valence-corrected chi connectivity index (χ0v) is 9.69. The minimum Gasteiger partial charge on any atom is -0.461 e. The minimum absolute atomic E-state index is 0.0313. The number of Topliss-reactive ketones (excluding diaryl/α,β-unsaturated/α-hetero) is 1. The molecule has 0 amide bonds. The third-order valence-electron chi connectivity index (χ3n) is 2.40. The summed E-state index contributed by atoms with van der Waals surface area (Å²) in [5, 5.41) is 3.62. The molecule has 1 fully saturated rings. The first-order valence-corrected chi connectivity index (χ1v) is 5.57. The Morgan fingerprint density at radius 1 is 1.31 bits per heavy atom. The molecule has 0 spiro atoms. The van der Waals surface area contributed by atoms with Crippen molar-refractivity contribution in [3.05, 3.63) is 0 Å². The van der Waals surface area contributed by atoms with Crippen LogP contribution in [0.1, 0.15) is 39.5 Å². The Labute approximate surface area is 94.8 Å². The van der Waals surface area contributed by atoms with Crippen molar-refractivity contribution in [1.82, 2.24) is 0 Å². The molecule has 0 saturated heterocycles. The molecule has 0 aliphatic heterocycles. The van der Waals surface area contributed by atoms with Gasteiger partial charge in [-0.2, -0.15) is 0 Å². The molecule has 0 atom stereocenters. The second kappa shape index (κ2) is 6.25. The molecule has 1 aliphatic rings. The lowest BCUT2D eigenvalue weighted by molar-refractivity contribution is -0.136. The Hall–Kier alpha value is -1.39. The normalized spacial score (nSPS) is 17.2. The van der Waals surface area contributed by atoms with Crippen LogP contribution in [0.2, 0.25) is 0 Å². The number of hydrogen-bond donors (Lipinski definition) is 0. The summed E-state index contributed by atoms with van der Waals surface area (Å²) in [7, 11) is 0. The van der Waals surface area contributed by atoms with E-state index in [0.717, 1.165) is 25.7 Å². The highest BCUT2D eigenvalue weighted by atomic mass is 16.6. The molecule has 0 heterocycles. The molecule has 0 N–H and O–H groups in total. The van der Waals surface area contributed by atoms with Crippen LogP contribution in [0.5, 0.6) is 0 Å². The largest absolute Gasteiger partial charge is 0.461 e. The Balaban J connectivity index is 2.57.